The Kier molecular flexibility index (Phi) is 5.74. The maximum Gasteiger partial charge on any atom is 0.316 e. The first-order valence-corrected chi connectivity index (χ1v) is 10.3. The molecule has 0 bridgehead atoms. The minimum absolute atomic E-state index is 0. The molecule has 2 aromatic heterocycles. The number of nitrogens with one attached hydrogen (secondary N) is 1. The largest absolute Gasteiger partial charge is 0.402 e. The summed E-state index contributed by atoms with van der Waals surface area (Å²) in [6.07, 6.45) is 7.70. The van der Waals surface area contributed by atoms with Gasteiger partial charge in [0.1, 0.15) is 5.69 Å². The second-order valence-corrected chi connectivity index (χ2v) is 7.86. The first-order valence-electron chi connectivity index (χ1n) is 10.3. The number of carbonyl (C=O) groups excluding carboxylic acids is 1. The normalized spacial score (nSPS) is 14.5. The van der Waals surface area contributed by atoms with Crippen LogP contribution in [0.2, 0.25) is 0 Å². The number of carbonyl (C=O) groups is 1. The summed E-state index contributed by atoms with van der Waals surface area (Å²) in [6.45, 7) is 1.86. The summed E-state index contributed by atoms with van der Waals surface area (Å²) in [5, 5.41) is 11.7. The van der Waals surface area contributed by atoms with Crippen molar-refractivity contribution in [3.05, 3.63) is 41.7 Å². The van der Waals surface area contributed by atoms with E-state index in [1.165, 1.54) is 19.3 Å². The zero-order valence-corrected chi connectivity index (χ0v) is 17.6. The highest BCUT2D eigenvalue weighted by atomic mass is 16.4. The molecule has 0 spiro atoms. The number of hydrogen-bond donors (Lipinski definition) is 1. The highest BCUT2D eigenvalue weighted by molar-refractivity contribution is 5.94. The van der Waals surface area contributed by atoms with E-state index in [4.69, 9.17) is 9.40 Å². The number of hydrogen-bond acceptors (Lipinski definition) is 7. The molecule has 2 heterocycles. The summed E-state index contributed by atoms with van der Waals surface area (Å²) < 4.78 is 5.84. The van der Waals surface area contributed by atoms with Crippen molar-refractivity contribution in [3.63, 3.8) is 0 Å². The van der Waals surface area contributed by atoms with Gasteiger partial charge in [-0.15, -0.1) is 5.10 Å². The number of anilines is 1. The molecule has 1 N–H and O–H groups in total. The predicted molar refractivity (Wildman–Crippen MR) is 116 cm³/mol. The summed E-state index contributed by atoms with van der Waals surface area (Å²) in [4.78, 5) is 22.8. The van der Waals surface area contributed by atoms with E-state index in [1.54, 1.807) is 37.3 Å². The Labute approximate surface area is 177 Å². The lowest BCUT2D eigenvalue weighted by molar-refractivity contribution is 0.0827. The van der Waals surface area contributed by atoms with Crippen molar-refractivity contribution in [3.8, 4) is 22.8 Å². The first kappa shape index (κ1) is 20.0. The van der Waals surface area contributed by atoms with Gasteiger partial charge >= 0.3 is 6.01 Å². The number of benzene rings is 1. The van der Waals surface area contributed by atoms with Gasteiger partial charge in [-0.1, -0.05) is 36.5 Å². The first-order chi connectivity index (χ1) is 14.5. The van der Waals surface area contributed by atoms with Crippen molar-refractivity contribution in [2.24, 2.45) is 0 Å². The van der Waals surface area contributed by atoms with Crippen molar-refractivity contribution in [1.29, 1.82) is 0 Å². The molecule has 8 heteroatoms. The van der Waals surface area contributed by atoms with E-state index in [2.05, 4.69) is 20.5 Å². The van der Waals surface area contributed by atoms with Crippen LogP contribution in [0.1, 0.15) is 49.6 Å². The molecule has 3 aromatic rings. The second kappa shape index (κ2) is 8.61. The van der Waals surface area contributed by atoms with Crippen molar-refractivity contribution in [2.45, 2.75) is 45.1 Å². The van der Waals surface area contributed by atoms with Crippen LogP contribution >= 0.6 is 0 Å². The van der Waals surface area contributed by atoms with Gasteiger partial charge in [0.05, 0.1) is 17.6 Å². The average Bonchev–Trinajstić information content (AvgIpc) is 3.22. The van der Waals surface area contributed by atoms with Crippen molar-refractivity contribution in [1.82, 2.24) is 25.1 Å². The molecule has 158 valence electrons. The number of aromatic nitrogens is 4. The third kappa shape index (κ3) is 4.32. The Hall–Kier alpha value is -3.29. The molecule has 0 unspecified atom stereocenters. The molecule has 0 atom stereocenters. The molecule has 1 amide bonds. The number of aryl methyl sites for hydroxylation is 1. The highest BCUT2D eigenvalue weighted by Crippen LogP contribution is 2.26. The van der Waals surface area contributed by atoms with Crippen LogP contribution in [-0.2, 0) is 0 Å². The van der Waals surface area contributed by atoms with Crippen molar-refractivity contribution < 1.29 is 10.6 Å². The summed E-state index contributed by atoms with van der Waals surface area (Å²) in [6, 6.07) is 8.12. The molecule has 0 radical (unpaired) electrons. The molecular formula is C22H28N6O2. The van der Waals surface area contributed by atoms with Crippen LogP contribution < -0.4 is 5.32 Å². The van der Waals surface area contributed by atoms with Crippen LogP contribution in [0.4, 0.5) is 6.01 Å². The Morgan fingerprint density at radius 2 is 1.87 bits per heavy atom. The molecule has 0 aliphatic heterocycles. The highest BCUT2D eigenvalue weighted by Gasteiger charge is 2.19. The van der Waals surface area contributed by atoms with Gasteiger partial charge in [0.2, 0.25) is 0 Å². The number of amides is 1. The van der Waals surface area contributed by atoms with Crippen LogP contribution in [-0.4, -0.2) is 51.1 Å². The molecule has 0 saturated heterocycles. The van der Waals surface area contributed by atoms with E-state index in [0.29, 0.717) is 40.6 Å². The van der Waals surface area contributed by atoms with Gasteiger partial charge in [-0.2, -0.15) is 0 Å². The number of rotatable bonds is 5. The standard InChI is InChI=1S/C22H26N6O2.H2/c1-14-19(20-26-27-22(30-20)24-17-7-5-4-6-8-17)25-18(13-23-14)15-9-11-16(12-10-15)21(29)28(2)3;/h9-13,17H,4-8H2,1-3H3,(H,24,27);1H. The van der Waals surface area contributed by atoms with E-state index in [9.17, 15) is 4.79 Å². The fourth-order valence-corrected chi connectivity index (χ4v) is 3.63. The third-order valence-corrected chi connectivity index (χ3v) is 5.35. The molecular weight excluding hydrogens is 380 g/mol. The lowest BCUT2D eigenvalue weighted by Crippen LogP contribution is -2.22. The molecule has 1 saturated carbocycles. The Morgan fingerprint density at radius 3 is 2.57 bits per heavy atom. The molecule has 1 aliphatic carbocycles. The van der Waals surface area contributed by atoms with E-state index in [1.807, 2.05) is 19.1 Å². The Morgan fingerprint density at radius 1 is 1.13 bits per heavy atom. The van der Waals surface area contributed by atoms with Gasteiger partial charge in [0.15, 0.2) is 0 Å². The van der Waals surface area contributed by atoms with Gasteiger partial charge in [-0.25, -0.2) is 4.98 Å². The average molecular weight is 409 g/mol. The van der Waals surface area contributed by atoms with Crippen molar-refractivity contribution in [2.75, 3.05) is 19.4 Å². The summed E-state index contributed by atoms with van der Waals surface area (Å²) >= 11 is 0. The molecule has 1 fully saturated rings. The van der Waals surface area contributed by atoms with E-state index in [-0.39, 0.29) is 7.33 Å². The lowest BCUT2D eigenvalue weighted by atomic mass is 9.96. The topological polar surface area (TPSA) is 97.0 Å². The zero-order valence-electron chi connectivity index (χ0n) is 17.6. The quantitative estimate of drug-likeness (QED) is 0.676. The lowest BCUT2D eigenvalue weighted by Gasteiger charge is -2.21. The Balaban J connectivity index is 0.00000272. The SMILES string of the molecule is Cc1ncc(-c2ccc(C(=O)N(C)C)cc2)nc1-c1nnc(NC2CCCCC2)o1.[HH]. The minimum atomic E-state index is -0.0407. The van der Waals surface area contributed by atoms with Gasteiger partial charge in [-0.3, -0.25) is 9.78 Å². The van der Waals surface area contributed by atoms with Crippen LogP contribution in [0.15, 0.2) is 34.9 Å². The summed E-state index contributed by atoms with van der Waals surface area (Å²) in [7, 11) is 3.46. The van der Waals surface area contributed by atoms with E-state index < -0.39 is 0 Å². The van der Waals surface area contributed by atoms with Gasteiger partial charge in [0, 0.05) is 32.7 Å². The fraction of sp³-hybridized carbons (Fsp3) is 0.409. The van der Waals surface area contributed by atoms with E-state index >= 15 is 0 Å². The smallest absolute Gasteiger partial charge is 0.316 e. The van der Waals surface area contributed by atoms with Crippen LogP contribution in [0.25, 0.3) is 22.8 Å². The second-order valence-electron chi connectivity index (χ2n) is 7.86. The van der Waals surface area contributed by atoms with Crippen LogP contribution in [0, 0.1) is 6.92 Å². The van der Waals surface area contributed by atoms with Crippen LogP contribution in [0.3, 0.4) is 0 Å². The Bertz CT molecular complexity index is 1030. The zero-order chi connectivity index (χ0) is 21.1. The number of nitrogens with zero attached hydrogens (tertiary/aromatic N) is 5. The molecule has 8 nitrogen and oxygen atoms in total. The van der Waals surface area contributed by atoms with Gasteiger partial charge in [0.25, 0.3) is 11.8 Å². The maximum atomic E-state index is 12.1. The molecule has 4 rings (SSSR count). The van der Waals surface area contributed by atoms with Crippen LogP contribution in [0.5, 0.6) is 0 Å². The monoisotopic (exact) mass is 408 g/mol. The predicted octanol–water partition coefficient (Wildman–Crippen LogP) is 4.19. The van der Waals surface area contributed by atoms with Crippen molar-refractivity contribution >= 4 is 11.9 Å². The fourth-order valence-electron chi connectivity index (χ4n) is 3.63. The maximum absolute atomic E-state index is 12.1. The van der Waals surface area contributed by atoms with E-state index in [0.717, 1.165) is 18.4 Å². The molecule has 30 heavy (non-hydrogen) atoms. The van der Waals surface area contributed by atoms with Gasteiger partial charge in [-0.05, 0) is 31.9 Å². The van der Waals surface area contributed by atoms with Gasteiger partial charge < -0.3 is 14.6 Å². The summed E-state index contributed by atoms with van der Waals surface area (Å²) in [5.74, 6) is 0.306. The summed E-state index contributed by atoms with van der Waals surface area (Å²) in [5.41, 5.74) is 3.44. The molecule has 1 aromatic carbocycles. The third-order valence-electron chi connectivity index (χ3n) is 5.35. The molecule has 1 aliphatic rings. The minimum Gasteiger partial charge on any atom is -0.402 e.